The smallest absolute Gasteiger partial charge is 0.0576 e. The minimum atomic E-state index is 0.553. The van der Waals surface area contributed by atoms with Gasteiger partial charge in [-0.2, -0.15) is 0 Å². The van der Waals surface area contributed by atoms with Crippen LogP contribution in [0.5, 0.6) is 0 Å². The Morgan fingerprint density at radius 2 is 1.93 bits per heavy atom. The van der Waals surface area contributed by atoms with E-state index in [9.17, 15) is 0 Å². The fourth-order valence-corrected chi connectivity index (χ4v) is 3.55. The lowest BCUT2D eigenvalue weighted by Crippen LogP contribution is -2.16. The van der Waals surface area contributed by atoms with Crippen molar-refractivity contribution in [3.05, 3.63) is 0 Å². The Morgan fingerprint density at radius 3 is 2.53 bits per heavy atom. The lowest BCUT2D eigenvalue weighted by molar-refractivity contribution is 0.0959. The van der Waals surface area contributed by atoms with Crippen LogP contribution < -0.4 is 0 Å². The second kappa shape index (κ2) is 6.10. The van der Waals surface area contributed by atoms with E-state index in [4.69, 9.17) is 16.3 Å². The normalized spacial score (nSPS) is 29.8. The van der Waals surface area contributed by atoms with Gasteiger partial charge in [-0.15, -0.1) is 11.6 Å². The molecule has 1 aliphatic heterocycles. The van der Waals surface area contributed by atoms with Crippen molar-refractivity contribution in [2.45, 2.75) is 57.5 Å². The molecule has 1 nitrogen and oxygen atoms in total. The van der Waals surface area contributed by atoms with E-state index in [2.05, 4.69) is 0 Å². The van der Waals surface area contributed by atoms with Gasteiger partial charge in [-0.25, -0.2) is 0 Å². The average Bonchev–Trinajstić information content (AvgIpc) is 2.90. The van der Waals surface area contributed by atoms with Crippen LogP contribution in [0.2, 0.25) is 0 Å². The number of hydrogen-bond donors (Lipinski definition) is 0. The molecule has 0 bridgehead atoms. The SMILES string of the molecule is ClCC(CCC1CCCO1)C1CCCC1. The summed E-state index contributed by atoms with van der Waals surface area (Å²) >= 11 is 6.09. The molecule has 0 aromatic heterocycles. The molecule has 2 atom stereocenters. The molecular formula is C13H23ClO. The third-order valence-electron chi connectivity index (χ3n) is 4.15. The number of ether oxygens (including phenoxy) is 1. The molecule has 1 saturated heterocycles. The molecule has 88 valence electrons. The average molecular weight is 231 g/mol. The summed E-state index contributed by atoms with van der Waals surface area (Å²) in [7, 11) is 0. The maximum Gasteiger partial charge on any atom is 0.0576 e. The van der Waals surface area contributed by atoms with Crippen LogP contribution in [0, 0.1) is 11.8 Å². The van der Waals surface area contributed by atoms with E-state index in [1.165, 1.54) is 51.4 Å². The third-order valence-corrected chi connectivity index (χ3v) is 4.54. The van der Waals surface area contributed by atoms with E-state index in [-0.39, 0.29) is 0 Å². The van der Waals surface area contributed by atoms with E-state index >= 15 is 0 Å². The third kappa shape index (κ3) is 3.35. The number of halogens is 1. The van der Waals surface area contributed by atoms with Crippen molar-refractivity contribution in [2.24, 2.45) is 11.8 Å². The maximum absolute atomic E-state index is 6.09. The zero-order chi connectivity index (χ0) is 10.5. The summed E-state index contributed by atoms with van der Waals surface area (Å²) in [6.45, 7) is 0.986. The van der Waals surface area contributed by atoms with Gasteiger partial charge >= 0.3 is 0 Å². The highest BCUT2D eigenvalue weighted by Crippen LogP contribution is 2.35. The molecule has 2 rings (SSSR count). The van der Waals surface area contributed by atoms with Gasteiger partial charge in [0.25, 0.3) is 0 Å². The molecule has 2 aliphatic rings. The lowest BCUT2D eigenvalue weighted by Gasteiger charge is -2.22. The summed E-state index contributed by atoms with van der Waals surface area (Å²) in [5.74, 6) is 2.54. The first-order valence-corrected chi connectivity index (χ1v) is 7.11. The van der Waals surface area contributed by atoms with Crippen LogP contribution in [0.3, 0.4) is 0 Å². The number of alkyl halides is 1. The van der Waals surface area contributed by atoms with Crippen molar-refractivity contribution in [3.8, 4) is 0 Å². The van der Waals surface area contributed by atoms with Gasteiger partial charge in [-0.1, -0.05) is 25.7 Å². The minimum absolute atomic E-state index is 0.553. The number of hydrogen-bond acceptors (Lipinski definition) is 1. The van der Waals surface area contributed by atoms with Crippen LogP contribution in [0.15, 0.2) is 0 Å². The second-order valence-electron chi connectivity index (χ2n) is 5.17. The molecule has 0 amide bonds. The summed E-state index contributed by atoms with van der Waals surface area (Å²) in [5.41, 5.74) is 0. The first-order valence-electron chi connectivity index (χ1n) is 6.57. The van der Waals surface area contributed by atoms with Crippen molar-refractivity contribution in [1.82, 2.24) is 0 Å². The monoisotopic (exact) mass is 230 g/mol. The van der Waals surface area contributed by atoms with E-state index in [1.54, 1.807) is 0 Å². The predicted octanol–water partition coefficient (Wildman–Crippen LogP) is 3.99. The zero-order valence-corrected chi connectivity index (χ0v) is 10.3. The van der Waals surface area contributed by atoms with Crippen molar-refractivity contribution in [2.75, 3.05) is 12.5 Å². The largest absolute Gasteiger partial charge is 0.378 e. The van der Waals surface area contributed by atoms with Crippen LogP contribution in [0.1, 0.15) is 51.4 Å². The molecule has 1 heterocycles. The highest BCUT2D eigenvalue weighted by atomic mass is 35.5. The molecule has 1 saturated carbocycles. The molecule has 1 aliphatic carbocycles. The summed E-state index contributed by atoms with van der Waals surface area (Å²) in [4.78, 5) is 0. The number of rotatable bonds is 5. The first-order chi connectivity index (χ1) is 7.40. The maximum atomic E-state index is 6.09. The van der Waals surface area contributed by atoms with Crippen molar-refractivity contribution in [3.63, 3.8) is 0 Å². The lowest BCUT2D eigenvalue weighted by atomic mass is 9.87. The molecule has 0 aromatic carbocycles. The Labute approximate surface area is 98.5 Å². The first kappa shape index (κ1) is 11.7. The molecule has 2 heteroatoms. The van der Waals surface area contributed by atoms with Gasteiger partial charge in [0.05, 0.1) is 6.10 Å². The molecular weight excluding hydrogens is 208 g/mol. The highest BCUT2D eigenvalue weighted by Gasteiger charge is 2.25. The topological polar surface area (TPSA) is 9.23 Å². The van der Waals surface area contributed by atoms with Crippen LogP contribution in [-0.4, -0.2) is 18.6 Å². The van der Waals surface area contributed by atoms with E-state index in [1.807, 2.05) is 0 Å². The standard InChI is InChI=1S/C13H23ClO/c14-10-12(11-4-1-2-5-11)7-8-13-6-3-9-15-13/h11-13H,1-10H2. The van der Waals surface area contributed by atoms with E-state index in [0.29, 0.717) is 6.10 Å². The Morgan fingerprint density at radius 1 is 1.13 bits per heavy atom. The summed E-state index contributed by atoms with van der Waals surface area (Å²) in [6, 6.07) is 0. The Balaban J connectivity index is 1.69. The molecule has 0 aromatic rings. The van der Waals surface area contributed by atoms with Crippen LogP contribution >= 0.6 is 11.6 Å². The van der Waals surface area contributed by atoms with Gasteiger partial charge in [0.15, 0.2) is 0 Å². The summed E-state index contributed by atoms with van der Waals surface area (Å²) < 4.78 is 5.67. The fraction of sp³-hybridized carbons (Fsp3) is 1.00. The van der Waals surface area contributed by atoms with Crippen molar-refractivity contribution >= 4 is 11.6 Å². The summed E-state index contributed by atoms with van der Waals surface area (Å²) in [6.07, 6.45) is 11.3. The second-order valence-corrected chi connectivity index (χ2v) is 5.48. The van der Waals surface area contributed by atoms with Gasteiger partial charge in [-0.3, -0.25) is 0 Å². The molecule has 0 spiro atoms. The van der Waals surface area contributed by atoms with Crippen molar-refractivity contribution in [1.29, 1.82) is 0 Å². The molecule has 0 radical (unpaired) electrons. The van der Waals surface area contributed by atoms with Gasteiger partial charge in [-0.05, 0) is 37.5 Å². The minimum Gasteiger partial charge on any atom is -0.378 e. The van der Waals surface area contributed by atoms with Crippen LogP contribution in [-0.2, 0) is 4.74 Å². The van der Waals surface area contributed by atoms with Crippen LogP contribution in [0.4, 0.5) is 0 Å². The molecule has 15 heavy (non-hydrogen) atoms. The Kier molecular flexibility index (Phi) is 4.77. The predicted molar refractivity (Wildman–Crippen MR) is 64.4 cm³/mol. The molecule has 0 N–H and O–H groups in total. The van der Waals surface area contributed by atoms with Crippen LogP contribution in [0.25, 0.3) is 0 Å². The quantitative estimate of drug-likeness (QED) is 0.649. The Hall–Kier alpha value is 0.250. The van der Waals surface area contributed by atoms with E-state index in [0.717, 1.165) is 24.3 Å². The van der Waals surface area contributed by atoms with Gasteiger partial charge in [0, 0.05) is 12.5 Å². The van der Waals surface area contributed by atoms with Gasteiger partial charge in [0.1, 0.15) is 0 Å². The van der Waals surface area contributed by atoms with Gasteiger partial charge < -0.3 is 4.74 Å². The van der Waals surface area contributed by atoms with E-state index < -0.39 is 0 Å². The fourth-order valence-electron chi connectivity index (χ4n) is 3.14. The summed E-state index contributed by atoms with van der Waals surface area (Å²) in [5, 5.41) is 0. The zero-order valence-electron chi connectivity index (χ0n) is 9.59. The Bertz CT molecular complexity index is 171. The molecule has 2 unspecified atom stereocenters. The highest BCUT2D eigenvalue weighted by molar-refractivity contribution is 6.18. The molecule has 2 fully saturated rings. The van der Waals surface area contributed by atoms with Gasteiger partial charge in [0.2, 0.25) is 0 Å². The van der Waals surface area contributed by atoms with Crippen molar-refractivity contribution < 1.29 is 4.74 Å².